The number of thiophene rings is 1. The highest BCUT2D eigenvalue weighted by atomic mass is 32.1. The molecule has 7 heteroatoms. The molecule has 1 aromatic carbocycles. The molecule has 2 aromatic rings. The second kappa shape index (κ2) is 8.37. The Hall–Kier alpha value is -2.51. The van der Waals surface area contributed by atoms with Crippen LogP contribution in [0.2, 0.25) is 0 Å². The molecule has 0 fully saturated rings. The van der Waals surface area contributed by atoms with Gasteiger partial charge in [0.25, 0.3) is 5.69 Å². The van der Waals surface area contributed by atoms with E-state index in [-0.39, 0.29) is 17.6 Å². The third kappa shape index (κ3) is 5.00. The molecule has 2 rings (SSSR count). The van der Waals surface area contributed by atoms with E-state index < -0.39 is 4.92 Å². The summed E-state index contributed by atoms with van der Waals surface area (Å²) < 4.78 is 0. The molecule has 1 heterocycles. The Morgan fingerprint density at radius 1 is 1.38 bits per heavy atom. The largest absolute Gasteiger partial charge is 0.351 e. The molecule has 1 atom stereocenters. The Morgan fingerprint density at radius 3 is 2.79 bits per heavy atom. The van der Waals surface area contributed by atoms with Crippen LogP contribution < -0.4 is 5.32 Å². The van der Waals surface area contributed by atoms with Crippen LogP contribution in [0.1, 0.15) is 16.5 Å². The van der Waals surface area contributed by atoms with Crippen molar-refractivity contribution in [2.75, 3.05) is 20.6 Å². The van der Waals surface area contributed by atoms with Crippen molar-refractivity contribution in [2.24, 2.45) is 0 Å². The van der Waals surface area contributed by atoms with Crippen LogP contribution in [-0.4, -0.2) is 36.4 Å². The van der Waals surface area contributed by atoms with Gasteiger partial charge < -0.3 is 10.2 Å². The summed E-state index contributed by atoms with van der Waals surface area (Å²) in [6, 6.07) is 10.3. The lowest BCUT2D eigenvalue weighted by molar-refractivity contribution is -0.384. The first-order chi connectivity index (χ1) is 11.5. The molecule has 1 amide bonds. The normalized spacial score (nSPS) is 12.5. The van der Waals surface area contributed by atoms with E-state index >= 15 is 0 Å². The number of carbonyl (C=O) groups is 1. The van der Waals surface area contributed by atoms with Gasteiger partial charge >= 0.3 is 0 Å². The molecule has 1 N–H and O–H groups in total. The summed E-state index contributed by atoms with van der Waals surface area (Å²) >= 11 is 1.65. The van der Waals surface area contributed by atoms with E-state index in [0.717, 1.165) is 0 Å². The second-order valence-electron chi connectivity index (χ2n) is 5.43. The highest BCUT2D eigenvalue weighted by Crippen LogP contribution is 2.22. The fourth-order valence-corrected chi connectivity index (χ4v) is 3.11. The molecule has 0 spiro atoms. The molecular weight excluding hydrogens is 326 g/mol. The summed E-state index contributed by atoms with van der Waals surface area (Å²) in [6.07, 6.45) is 2.96. The van der Waals surface area contributed by atoms with Crippen LogP contribution in [0.3, 0.4) is 0 Å². The van der Waals surface area contributed by atoms with Gasteiger partial charge in [0.2, 0.25) is 5.91 Å². The number of likely N-dealkylation sites (N-methyl/N-ethyl adjacent to an activating group) is 1. The lowest BCUT2D eigenvalue weighted by atomic mass is 10.2. The molecule has 0 saturated heterocycles. The van der Waals surface area contributed by atoms with E-state index in [1.807, 2.05) is 31.6 Å². The van der Waals surface area contributed by atoms with Crippen LogP contribution in [0, 0.1) is 10.1 Å². The molecule has 24 heavy (non-hydrogen) atoms. The zero-order chi connectivity index (χ0) is 17.5. The number of nitrogens with one attached hydrogen (secondary N) is 1. The van der Waals surface area contributed by atoms with Crippen molar-refractivity contribution >= 4 is 29.0 Å². The Bertz CT molecular complexity index is 726. The number of amides is 1. The molecular formula is C17H19N3O3S. The van der Waals surface area contributed by atoms with Gasteiger partial charge in [-0.3, -0.25) is 14.9 Å². The number of nitrogens with zero attached hydrogens (tertiary/aromatic N) is 2. The predicted molar refractivity (Wildman–Crippen MR) is 95.9 cm³/mol. The zero-order valence-electron chi connectivity index (χ0n) is 13.5. The van der Waals surface area contributed by atoms with Crippen molar-refractivity contribution in [2.45, 2.75) is 6.04 Å². The van der Waals surface area contributed by atoms with Crippen LogP contribution in [-0.2, 0) is 4.79 Å². The summed E-state index contributed by atoms with van der Waals surface area (Å²) in [6.45, 7) is 0.492. The van der Waals surface area contributed by atoms with E-state index in [4.69, 9.17) is 0 Å². The SMILES string of the molecule is CN(C)C(CNC(=O)/C=C/c1cccc([N+](=O)[O-])c1)c1cccs1. The van der Waals surface area contributed by atoms with Gasteiger partial charge in [0.15, 0.2) is 0 Å². The maximum Gasteiger partial charge on any atom is 0.270 e. The number of hydrogen-bond donors (Lipinski definition) is 1. The quantitative estimate of drug-likeness (QED) is 0.475. The van der Waals surface area contributed by atoms with Gasteiger partial charge in [0, 0.05) is 29.6 Å². The van der Waals surface area contributed by atoms with Crippen molar-refractivity contribution < 1.29 is 9.72 Å². The number of hydrogen-bond acceptors (Lipinski definition) is 5. The summed E-state index contributed by atoms with van der Waals surface area (Å²) in [5.74, 6) is -0.232. The number of nitro groups is 1. The summed E-state index contributed by atoms with van der Waals surface area (Å²) in [5.41, 5.74) is 0.615. The first-order valence-corrected chi connectivity index (χ1v) is 8.25. The molecule has 126 valence electrons. The molecule has 1 unspecified atom stereocenters. The number of nitro benzene ring substituents is 1. The lowest BCUT2D eigenvalue weighted by Gasteiger charge is -2.23. The minimum Gasteiger partial charge on any atom is -0.351 e. The van der Waals surface area contributed by atoms with E-state index in [1.54, 1.807) is 29.5 Å². The molecule has 0 aliphatic carbocycles. The Kier molecular flexibility index (Phi) is 6.22. The maximum atomic E-state index is 12.0. The summed E-state index contributed by atoms with van der Waals surface area (Å²) in [5, 5.41) is 15.6. The van der Waals surface area contributed by atoms with Crippen LogP contribution in [0.25, 0.3) is 6.08 Å². The highest BCUT2D eigenvalue weighted by Gasteiger charge is 2.15. The minimum absolute atomic E-state index is 0.00271. The third-order valence-corrected chi connectivity index (χ3v) is 4.45. The van der Waals surface area contributed by atoms with Crippen molar-refractivity contribution in [3.05, 3.63) is 68.4 Å². The first kappa shape index (κ1) is 17.8. The standard InChI is InChI=1S/C17H19N3O3S/c1-19(2)15(16-7-4-10-24-16)12-18-17(21)9-8-13-5-3-6-14(11-13)20(22)23/h3-11,15H,12H2,1-2H3,(H,18,21)/b9-8+. The van der Waals surface area contributed by atoms with Gasteiger partial charge in [-0.1, -0.05) is 18.2 Å². The zero-order valence-corrected chi connectivity index (χ0v) is 14.3. The highest BCUT2D eigenvalue weighted by molar-refractivity contribution is 7.10. The van der Waals surface area contributed by atoms with E-state index in [0.29, 0.717) is 12.1 Å². The first-order valence-electron chi connectivity index (χ1n) is 7.37. The van der Waals surface area contributed by atoms with Crippen LogP contribution in [0.4, 0.5) is 5.69 Å². The average molecular weight is 345 g/mol. The van der Waals surface area contributed by atoms with E-state index in [9.17, 15) is 14.9 Å². The van der Waals surface area contributed by atoms with Crippen molar-refractivity contribution in [1.82, 2.24) is 10.2 Å². The predicted octanol–water partition coefficient (Wildman–Crippen LogP) is 3.09. The van der Waals surface area contributed by atoms with Gasteiger partial charge in [-0.2, -0.15) is 0 Å². The fraction of sp³-hybridized carbons (Fsp3) is 0.235. The number of benzene rings is 1. The summed E-state index contributed by atoms with van der Waals surface area (Å²) in [7, 11) is 3.94. The molecule has 0 aliphatic rings. The van der Waals surface area contributed by atoms with Gasteiger partial charge in [-0.25, -0.2) is 0 Å². The Labute approximate surface area is 144 Å². The molecule has 6 nitrogen and oxygen atoms in total. The maximum absolute atomic E-state index is 12.0. The topological polar surface area (TPSA) is 75.5 Å². The molecule has 0 radical (unpaired) electrons. The monoisotopic (exact) mass is 345 g/mol. The van der Waals surface area contributed by atoms with Crippen LogP contribution >= 0.6 is 11.3 Å². The summed E-state index contributed by atoms with van der Waals surface area (Å²) in [4.78, 5) is 25.5. The number of carbonyl (C=O) groups excluding carboxylic acids is 1. The van der Waals surface area contributed by atoms with E-state index in [1.165, 1.54) is 23.1 Å². The lowest BCUT2D eigenvalue weighted by Crippen LogP contribution is -2.33. The second-order valence-corrected chi connectivity index (χ2v) is 6.40. The molecule has 0 saturated carbocycles. The number of non-ortho nitro benzene ring substituents is 1. The van der Waals surface area contributed by atoms with E-state index in [2.05, 4.69) is 10.2 Å². The third-order valence-electron chi connectivity index (χ3n) is 3.47. The van der Waals surface area contributed by atoms with Crippen molar-refractivity contribution in [1.29, 1.82) is 0 Å². The smallest absolute Gasteiger partial charge is 0.270 e. The fourth-order valence-electron chi connectivity index (χ4n) is 2.19. The molecule has 1 aromatic heterocycles. The average Bonchev–Trinajstić information content (AvgIpc) is 3.07. The van der Waals surface area contributed by atoms with Gasteiger partial charge in [-0.15, -0.1) is 11.3 Å². The van der Waals surface area contributed by atoms with Crippen molar-refractivity contribution in [3.63, 3.8) is 0 Å². The van der Waals surface area contributed by atoms with Gasteiger partial charge in [0.1, 0.15) is 0 Å². The van der Waals surface area contributed by atoms with Crippen molar-refractivity contribution in [3.8, 4) is 0 Å². The van der Waals surface area contributed by atoms with Crippen LogP contribution in [0.15, 0.2) is 47.9 Å². The number of rotatable bonds is 7. The molecule has 0 aliphatic heterocycles. The Balaban J connectivity index is 1.95. The minimum atomic E-state index is -0.458. The molecule has 0 bridgehead atoms. The van der Waals surface area contributed by atoms with Gasteiger partial charge in [0.05, 0.1) is 11.0 Å². The Morgan fingerprint density at radius 2 is 2.17 bits per heavy atom. The van der Waals surface area contributed by atoms with Crippen LogP contribution in [0.5, 0.6) is 0 Å². The van der Waals surface area contributed by atoms with Gasteiger partial charge in [-0.05, 0) is 37.2 Å².